The Kier molecular flexibility index (Phi) is 5.67. The van der Waals surface area contributed by atoms with Crippen LogP contribution in [-0.4, -0.2) is 36.1 Å². The minimum Gasteiger partial charge on any atom is -0.311 e. The molecule has 2 rings (SSSR count). The number of amides is 1. The lowest BCUT2D eigenvalue weighted by molar-refractivity contribution is -0.115. The van der Waals surface area contributed by atoms with Crippen molar-refractivity contribution in [3.8, 4) is 0 Å². The van der Waals surface area contributed by atoms with Crippen LogP contribution in [0.2, 0.25) is 10.0 Å². The molecule has 6 nitrogen and oxygen atoms in total. The molecule has 1 amide bonds. The molecule has 0 aliphatic heterocycles. The SMILES string of the molecule is CS(=O)(=O)CCC(=O)Nc1ccnn1Cc1c(Cl)cccc1Cl. The third-order valence-corrected chi connectivity index (χ3v) is 4.71. The summed E-state index contributed by atoms with van der Waals surface area (Å²) in [6, 6.07) is 6.79. The molecular weight excluding hydrogens is 361 g/mol. The summed E-state index contributed by atoms with van der Waals surface area (Å²) in [7, 11) is -3.19. The molecule has 2 aromatic rings. The van der Waals surface area contributed by atoms with Gasteiger partial charge in [0.2, 0.25) is 5.91 Å². The van der Waals surface area contributed by atoms with Gasteiger partial charge in [-0.25, -0.2) is 13.1 Å². The Bertz CT molecular complexity index is 798. The van der Waals surface area contributed by atoms with E-state index in [9.17, 15) is 13.2 Å². The normalized spacial score (nSPS) is 11.4. The zero-order valence-corrected chi connectivity index (χ0v) is 14.6. The molecule has 1 heterocycles. The third kappa shape index (κ3) is 5.23. The van der Waals surface area contributed by atoms with Gasteiger partial charge in [0.05, 0.1) is 18.5 Å². The van der Waals surface area contributed by atoms with Crippen molar-refractivity contribution < 1.29 is 13.2 Å². The standard InChI is InChI=1S/C14H15Cl2N3O3S/c1-23(21,22)8-6-14(20)18-13-5-7-17-19(13)9-10-11(15)3-2-4-12(10)16/h2-5,7H,6,8-9H2,1H3,(H,18,20). The highest BCUT2D eigenvalue weighted by molar-refractivity contribution is 7.90. The second kappa shape index (κ2) is 7.33. The number of aromatic nitrogens is 2. The van der Waals surface area contributed by atoms with Gasteiger partial charge in [-0.1, -0.05) is 29.3 Å². The number of carbonyl (C=O) groups excluding carboxylic acids is 1. The number of hydrogen-bond acceptors (Lipinski definition) is 4. The summed E-state index contributed by atoms with van der Waals surface area (Å²) in [5.74, 6) is -0.162. The van der Waals surface area contributed by atoms with Gasteiger partial charge >= 0.3 is 0 Å². The minimum atomic E-state index is -3.19. The first kappa shape index (κ1) is 17.8. The molecule has 23 heavy (non-hydrogen) atoms. The molecule has 0 fully saturated rings. The van der Waals surface area contributed by atoms with Crippen LogP contribution in [0.5, 0.6) is 0 Å². The van der Waals surface area contributed by atoms with E-state index in [-0.39, 0.29) is 18.7 Å². The number of anilines is 1. The first-order valence-electron chi connectivity index (χ1n) is 6.68. The Hall–Kier alpha value is -1.57. The van der Waals surface area contributed by atoms with Crippen LogP contribution in [0.3, 0.4) is 0 Å². The van der Waals surface area contributed by atoms with Crippen LogP contribution in [0.15, 0.2) is 30.5 Å². The number of hydrogen-bond donors (Lipinski definition) is 1. The fraction of sp³-hybridized carbons (Fsp3) is 0.286. The highest BCUT2D eigenvalue weighted by atomic mass is 35.5. The van der Waals surface area contributed by atoms with Crippen LogP contribution >= 0.6 is 23.2 Å². The van der Waals surface area contributed by atoms with Gasteiger partial charge < -0.3 is 5.32 Å². The molecular formula is C14H15Cl2N3O3S. The first-order valence-corrected chi connectivity index (χ1v) is 9.50. The summed E-state index contributed by atoms with van der Waals surface area (Å²) in [4.78, 5) is 11.8. The van der Waals surface area contributed by atoms with Crippen LogP contribution in [0.4, 0.5) is 5.82 Å². The summed E-state index contributed by atoms with van der Waals surface area (Å²) in [6.07, 6.45) is 2.50. The van der Waals surface area contributed by atoms with Crippen molar-refractivity contribution >= 4 is 44.8 Å². The Labute approximate surface area is 144 Å². The molecule has 0 atom stereocenters. The highest BCUT2D eigenvalue weighted by Gasteiger charge is 2.13. The number of nitrogens with one attached hydrogen (secondary N) is 1. The molecule has 1 aromatic carbocycles. The van der Waals surface area contributed by atoms with Gasteiger partial charge in [-0.3, -0.25) is 4.79 Å². The van der Waals surface area contributed by atoms with Crippen molar-refractivity contribution in [2.75, 3.05) is 17.3 Å². The first-order chi connectivity index (χ1) is 10.8. The zero-order valence-electron chi connectivity index (χ0n) is 12.3. The van der Waals surface area contributed by atoms with Gasteiger partial charge in [0.1, 0.15) is 15.7 Å². The highest BCUT2D eigenvalue weighted by Crippen LogP contribution is 2.25. The van der Waals surface area contributed by atoms with E-state index in [1.165, 1.54) is 10.9 Å². The molecule has 0 aliphatic rings. The molecule has 9 heteroatoms. The van der Waals surface area contributed by atoms with Crippen molar-refractivity contribution in [3.63, 3.8) is 0 Å². The number of rotatable bonds is 6. The van der Waals surface area contributed by atoms with Gasteiger partial charge in [0, 0.05) is 34.4 Å². The minimum absolute atomic E-state index is 0.114. The maximum absolute atomic E-state index is 11.8. The lowest BCUT2D eigenvalue weighted by Gasteiger charge is -2.11. The molecule has 1 aromatic heterocycles. The topological polar surface area (TPSA) is 81.1 Å². The maximum Gasteiger partial charge on any atom is 0.226 e. The van der Waals surface area contributed by atoms with Crippen molar-refractivity contribution in [2.24, 2.45) is 0 Å². The van der Waals surface area contributed by atoms with E-state index in [2.05, 4.69) is 10.4 Å². The average Bonchev–Trinajstić information content (AvgIpc) is 2.87. The smallest absolute Gasteiger partial charge is 0.226 e. The average molecular weight is 376 g/mol. The number of carbonyl (C=O) groups is 1. The van der Waals surface area contributed by atoms with Gasteiger partial charge in [0.25, 0.3) is 0 Å². The second-order valence-electron chi connectivity index (χ2n) is 5.00. The fourth-order valence-electron chi connectivity index (χ4n) is 1.88. The predicted molar refractivity (Wildman–Crippen MR) is 90.7 cm³/mol. The molecule has 0 radical (unpaired) electrons. The quantitative estimate of drug-likeness (QED) is 0.841. The van der Waals surface area contributed by atoms with Crippen LogP contribution < -0.4 is 5.32 Å². The largest absolute Gasteiger partial charge is 0.311 e. The monoisotopic (exact) mass is 375 g/mol. The van der Waals surface area contributed by atoms with Crippen molar-refractivity contribution in [3.05, 3.63) is 46.1 Å². The summed E-state index contributed by atoms with van der Waals surface area (Å²) in [6.45, 7) is 0.285. The molecule has 0 bridgehead atoms. The van der Waals surface area contributed by atoms with Gasteiger partial charge in [-0.2, -0.15) is 5.10 Å². The molecule has 1 N–H and O–H groups in total. The summed E-state index contributed by atoms with van der Waals surface area (Å²) >= 11 is 12.2. The van der Waals surface area contributed by atoms with E-state index in [1.807, 2.05) is 0 Å². The van der Waals surface area contributed by atoms with Gasteiger partial charge in [0.15, 0.2) is 0 Å². The van der Waals surface area contributed by atoms with Crippen LogP contribution in [0.1, 0.15) is 12.0 Å². The van der Waals surface area contributed by atoms with Gasteiger partial charge in [-0.05, 0) is 12.1 Å². The van der Waals surface area contributed by atoms with Gasteiger partial charge in [-0.15, -0.1) is 0 Å². The molecule has 0 unspecified atom stereocenters. The second-order valence-corrected chi connectivity index (χ2v) is 8.08. The van der Waals surface area contributed by atoms with Crippen molar-refractivity contribution in [1.82, 2.24) is 9.78 Å². The lowest BCUT2D eigenvalue weighted by atomic mass is 10.2. The van der Waals surface area contributed by atoms with E-state index in [1.54, 1.807) is 24.3 Å². The zero-order chi connectivity index (χ0) is 17.0. The Morgan fingerprint density at radius 1 is 1.26 bits per heavy atom. The summed E-state index contributed by atoms with van der Waals surface area (Å²) in [5, 5.41) is 7.76. The van der Waals surface area contributed by atoms with E-state index in [4.69, 9.17) is 23.2 Å². The van der Waals surface area contributed by atoms with Crippen molar-refractivity contribution in [2.45, 2.75) is 13.0 Å². The lowest BCUT2D eigenvalue weighted by Crippen LogP contribution is -2.19. The Balaban J connectivity index is 2.09. The predicted octanol–water partition coefficient (Wildman–Crippen LogP) is 2.61. The Morgan fingerprint density at radius 3 is 2.52 bits per heavy atom. The third-order valence-electron chi connectivity index (χ3n) is 3.05. The van der Waals surface area contributed by atoms with E-state index >= 15 is 0 Å². The fourth-order valence-corrected chi connectivity index (χ4v) is 2.95. The molecule has 0 saturated carbocycles. The molecule has 124 valence electrons. The van der Waals surface area contributed by atoms with Crippen LogP contribution in [0, 0.1) is 0 Å². The molecule has 0 aliphatic carbocycles. The summed E-state index contributed by atoms with van der Waals surface area (Å²) < 4.78 is 23.7. The van der Waals surface area contributed by atoms with E-state index in [0.29, 0.717) is 21.4 Å². The van der Waals surface area contributed by atoms with Crippen LogP contribution in [-0.2, 0) is 21.2 Å². The summed E-state index contributed by atoms with van der Waals surface area (Å²) in [5.41, 5.74) is 0.686. The number of sulfone groups is 1. The molecule has 0 saturated heterocycles. The van der Waals surface area contributed by atoms with Crippen LogP contribution in [0.25, 0.3) is 0 Å². The maximum atomic E-state index is 11.8. The molecule has 0 spiro atoms. The van der Waals surface area contributed by atoms with E-state index in [0.717, 1.165) is 6.26 Å². The number of benzene rings is 1. The number of nitrogens with zero attached hydrogens (tertiary/aromatic N) is 2. The number of halogens is 2. The van der Waals surface area contributed by atoms with E-state index < -0.39 is 15.7 Å². The Morgan fingerprint density at radius 2 is 1.91 bits per heavy atom. The van der Waals surface area contributed by atoms with Crippen molar-refractivity contribution in [1.29, 1.82) is 0 Å².